The molecule has 1 fully saturated rings. The van der Waals surface area contributed by atoms with E-state index in [1.165, 1.54) is 0 Å². The lowest BCUT2D eigenvalue weighted by atomic mass is 10.1. The van der Waals surface area contributed by atoms with Crippen LogP contribution in [0.25, 0.3) is 33.3 Å². The second-order valence-corrected chi connectivity index (χ2v) is 9.12. The fraction of sp³-hybridized carbons (Fsp3) is 0.250. The summed E-state index contributed by atoms with van der Waals surface area (Å²) < 4.78 is 10.9. The molecule has 37 heavy (non-hydrogen) atoms. The molecule has 9 nitrogen and oxygen atoms in total. The van der Waals surface area contributed by atoms with Crippen LogP contribution in [0.3, 0.4) is 0 Å². The number of fused-ring (bicyclic) bond motifs is 2. The number of hydrogen-bond donors (Lipinski definition) is 3. The Morgan fingerprint density at radius 3 is 2.73 bits per heavy atom. The van der Waals surface area contributed by atoms with Crippen LogP contribution >= 0.6 is 0 Å². The maximum absolute atomic E-state index is 13.5. The van der Waals surface area contributed by atoms with Gasteiger partial charge in [0.25, 0.3) is 5.56 Å². The molecule has 6 rings (SSSR count). The van der Waals surface area contributed by atoms with Crippen LogP contribution in [0.15, 0.2) is 65.6 Å². The van der Waals surface area contributed by atoms with Crippen molar-refractivity contribution in [3.63, 3.8) is 0 Å². The summed E-state index contributed by atoms with van der Waals surface area (Å²) in [4.78, 5) is 31.5. The molecule has 1 saturated heterocycles. The van der Waals surface area contributed by atoms with E-state index in [1.54, 1.807) is 13.3 Å². The van der Waals surface area contributed by atoms with Gasteiger partial charge in [-0.05, 0) is 37.3 Å². The number of aromatic nitrogens is 4. The predicted octanol–water partition coefficient (Wildman–Crippen LogP) is 4.48. The molecular weight excluding hydrogens is 468 g/mol. The summed E-state index contributed by atoms with van der Waals surface area (Å²) in [6.45, 7) is 5.14. The second-order valence-electron chi connectivity index (χ2n) is 9.12. The topological polar surface area (TPSA) is 108 Å². The zero-order valence-electron chi connectivity index (χ0n) is 20.7. The van der Waals surface area contributed by atoms with Crippen LogP contribution in [0.2, 0.25) is 0 Å². The average Bonchev–Trinajstić information content (AvgIpc) is 3.36. The lowest BCUT2D eigenvalue weighted by Gasteiger charge is -2.28. The molecule has 0 saturated carbocycles. The predicted molar refractivity (Wildman–Crippen MR) is 146 cm³/mol. The summed E-state index contributed by atoms with van der Waals surface area (Å²) in [7, 11) is 1.63. The quantitative estimate of drug-likeness (QED) is 0.318. The van der Waals surface area contributed by atoms with E-state index >= 15 is 0 Å². The van der Waals surface area contributed by atoms with Gasteiger partial charge in [0, 0.05) is 36.4 Å². The lowest BCUT2D eigenvalue weighted by molar-refractivity contribution is 0.122. The molecule has 3 aromatic heterocycles. The highest BCUT2D eigenvalue weighted by molar-refractivity contribution is 5.99. The first kappa shape index (κ1) is 23.1. The summed E-state index contributed by atoms with van der Waals surface area (Å²) in [6, 6.07) is 17.4. The Hall–Kier alpha value is -4.37. The van der Waals surface area contributed by atoms with Crippen LogP contribution in [0.5, 0.6) is 5.75 Å². The van der Waals surface area contributed by atoms with Crippen LogP contribution in [-0.2, 0) is 4.74 Å². The molecule has 9 heteroatoms. The molecule has 0 bridgehead atoms. The number of benzene rings is 2. The van der Waals surface area contributed by atoms with Crippen LogP contribution in [0, 0.1) is 0 Å². The molecule has 0 aliphatic carbocycles. The van der Waals surface area contributed by atoms with Gasteiger partial charge in [-0.15, -0.1) is 0 Å². The van der Waals surface area contributed by atoms with E-state index in [0.717, 1.165) is 52.2 Å². The highest BCUT2D eigenvalue weighted by atomic mass is 16.5. The van der Waals surface area contributed by atoms with Gasteiger partial charge in [0.05, 0.1) is 54.3 Å². The smallest absolute Gasteiger partial charge is 0.261 e. The van der Waals surface area contributed by atoms with Gasteiger partial charge < -0.3 is 29.7 Å². The molecule has 4 heterocycles. The molecule has 0 spiro atoms. The highest BCUT2D eigenvalue weighted by Gasteiger charge is 2.21. The SMILES string of the molecule is COc1ccnc([C@H](C)Nc2c(-c3nc4ccc(N5CCOCC5)cc4[nH]3)c(=O)[nH]c3ccccc23)c1. The van der Waals surface area contributed by atoms with E-state index < -0.39 is 0 Å². The molecule has 0 radical (unpaired) electrons. The Labute approximate surface area is 213 Å². The monoisotopic (exact) mass is 496 g/mol. The third kappa shape index (κ3) is 4.38. The maximum atomic E-state index is 13.5. The van der Waals surface area contributed by atoms with Crippen LogP contribution in [0.4, 0.5) is 11.4 Å². The number of methoxy groups -OCH3 is 1. The molecule has 2 aromatic carbocycles. The summed E-state index contributed by atoms with van der Waals surface area (Å²) >= 11 is 0. The second kappa shape index (κ2) is 9.59. The van der Waals surface area contributed by atoms with Gasteiger partial charge in [-0.3, -0.25) is 9.78 Å². The van der Waals surface area contributed by atoms with E-state index in [9.17, 15) is 4.79 Å². The van der Waals surface area contributed by atoms with Crippen molar-refractivity contribution in [3.8, 4) is 17.1 Å². The van der Waals surface area contributed by atoms with E-state index in [1.807, 2.05) is 49.4 Å². The van der Waals surface area contributed by atoms with E-state index in [2.05, 4.69) is 37.3 Å². The van der Waals surface area contributed by atoms with Crippen molar-refractivity contribution in [2.45, 2.75) is 13.0 Å². The minimum atomic E-state index is -0.223. The van der Waals surface area contributed by atoms with Crippen LogP contribution in [0.1, 0.15) is 18.7 Å². The minimum absolute atomic E-state index is 0.198. The first-order valence-corrected chi connectivity index (χ1v) is 12.3. The molecule has 0 amide bonds. The maximum Gasteiger partial charge on any atom is 0.261 e. The van der Waals surface area contributed by atoms with Gasteiger partial charge in [0.2, 0.25) is 0 Å². The van der Waals surface area contributed by atoms with Crippen molar-refractivity contribution in [2.24, 2.45) is 0 Å². The molecule has 3 N–H and O–H groups in total. The highest BCUT2D eigenvalue weighted by Crippen LogP contribution is 2.34. The molecule has 188 valence electrons. The van der Waals surface area contributed by atoms with Crippen molar-refractivity contribution in [1.29, 1.82) is 0 Å². The molecule has 0 unspecified atom stereocenters. The number of rotatable bonds is 6. The summed E-state index contributed by atoms with van der Waals surface area (Å²) in [5, 5.41) is 4.44. The standard InChI is InChI=1S/C28H28N6O3/c1-17(23-16-19(36-2)9-10-29-23)30-26-20-5-3-4-6-21(20)33-28(35)25(26)27-31-22-8-7-18(15-24(22)32-27)34-11-13-37-14-12-34/h3-10,15-17H,11-14H2,1-2H3,(H,31,32)(H2,30,33,35)/t17-/m0/s1. The van der Waals surface area contributed by atoms with Gasteiger partial charge in [-0.25, -0.2) is 4.98 Å². The third-order valence-electron chi connectivity index (χ3n) is 6.79. The fourth-order valence-electron chi connectivity index (χ4n) is 4.84. The number of para-hydroxylation sites is 1. The van der Waals surface area contributed by atoms with E-state index in [-0.39, 0.29) is 11.6 Å². The molecule has 1 aliphatic rings. The molecular formula is C28H28N6O3. The number of nitrogens with zero attached hydrogens (tertiary/aromatic N) is 3. The molecule has 1 atom stereocenters. The number of morpholine rings is 1. The van der Waals surface area contributed by atoms with Crippen molar-refractivity contribution in [1.82, 2.24) is 19.9 Å². The Kier molecular flexibility index (Phi) is 5.97. The van der Waals surface area contributed by atoms with Gasteiger partial charge in [-0.1, -0.05) is 18.2 Å². The van der Waals surface area contributed by atoms with Gasteiger partial charge in [0.15, 0.2) is 0 Å². The van der Waals surface area contributed by atoms with Crippen molar-refractivity contribution in [2.75, 3.05) is 43.6 Å². The number of imidazole rings is 1. The van der Waals surface area contributed by atoms with Crippen LogP contribution < -0.4 is 20.5 Å². The summed E-state index contributed by atoms with van der Waals surface area (Å²) in [5.74, 6) is 1.23. The zero-order valence-corrected chi connectivity index (χ0v) is 20.7. The normalized spacial score (nSPS) is 14.7. The number of aromatic amines is 2. The fourth-order valence-corrected chi connectivity index (χ4v) is 4.84. The summed E-state index contributed by atoms with van der Waals surface area (Å²) in [5.41, 5.74) is 5.26. The van der Waals surface area contributed by atoms with Crippen LogP contribution in [-0.4, -0.2) is 53.3 Å². The van der Waals surface area contributed by atoms with E-state index in [4.69, 9.17) is 14.5 Å². The van der Waals surface area contributed by atoms with Gasteiger partial charge in [-0.2, -0.15) is 0 Å². The third-order valence-corrected chi connectivity index (χ3v) is 6.79. The van der Waals surface area contributed by atoms with Crippen molar-refractivity contribution >= 4 is 33.3 Å². The minimum Gasteiger partial charge on any atom is -0.497 e. The Bertz CT molecular complexity index is 1640. The largest absolute Gasteiger partial charge is 0.497 e. The van der Waals surface area contributed by atoms with E-state index in [0.29, 0.717) is 30.3 Å². The Balaban J connectivity index is 1.46. The number of nitrogens with one attached hydrogen (secondary N) is 3. The number of ether oxygens (including phenoxy) is 2. The van der Waals surface area contributed by atoms with Gasteiger partial charge >= 0.3 is 0 Å². The molecule has 5 aromatic rings. The first-order chi connectivity index (χ1) is 18.1. The Morgan fingerprint density at radius 1 is 1.05 bits per heavy atom. The number of H-pyrrole nitrogens is 2. The lowest BCUT2D eigenvalue weighted by Crippen LogP contribution is -2.36. The number of hydrogen-bond acceptors (Lipinski definition) is 7. The number of pyridine rings is 2. The first-order valence-electron chi connectivity index (χ1n) is 12.3. The zero-order chi connectivity index (χ0) is 25.4. The number of anilines is 2. The summed E-state index contributed by atoms with van der Waals surface area (Å²) in [6.07, 6.45) is 1.72. The van der Waals surface area contributed by atoms with Crippen molar-refractivity contribution in [3.05, 3.63) is 76.8 Å². The van der Waals surface area contributed by atoms with Crippen molar-refractivity contribution < 1.29 is 9.47 Å². The van der Waals surface area contributed by atoms with Gasteiger partial charge in [0.1, 0.15) is 17.1 Å². The Morgan fingerprint density at radius 2 is 1.89 bits per heavy atom. The average molecular weight is 497 g/mol. The molecule has 1 aliphatic heterocycles.